The number of nitrogens with two attached hydrogens (primary N) is 1. The Morgan fingerprint density at radius 2 is 1.94 bits per heavy atom. The molecule has 5 nitrogen and oxygen atoms in total. The lowest BCUT2D eigenvalue weighted by Crippen LogP contribution is -2.28. The molecule has 0 fully saturated rings. The summed E-state index contributed by atoms with van der Waals surface area (Å²) in [5.74, 6) is -0.602. The predicted octanol–water partition coefficient (Wildman–Crippen LogP) is 0.906. The monoisotopic (exact) mass is 367 g/mol. The molecule has 0 unspecified atom stereocenters. The van der Waals surface area contributed by atoms with Gasteiger partial charge in [0.1, 0.15) is 6.04 Å². The van der Waals surface area contributed by atoms with E-state index in [0.29, 0.717) is 0 Å². The Labute approximate surface area is 109 Å². The van der Waals surface area contributed by atoms with Gasteiger partial charge in [-0.15, -0.1) is 0 Å². The fourth-order valence-electron chi connectivity index (χ4n) is 0.266. The Hall–Kier alpha value is -1.02. The summed E-state index contributed by atoms with van der Waals surface area (Å²) in [5, 5.41) is 7.12. The van der Waals surface area contributed by atoms with Crippen molar-refractivity contribution in [1.29, 1.82) is 0 Å². The van der Waals surface area contributed by atoms with Crippen molar-refractivity contribution in [3.8, 4) is 9.85 Å². The van der Waals surface area contributed by atoms with Crippen molar-refractivity contribution >= 4 is 34.5 Å². The van der Waals surface area contributed by atoms with Crippen LogP contribution in [0.2, 0.25) is 0 Å². The van der Waals surface area contributed by atoms with E-state index in [1.165, 1.54) is 0 Å². The molecule has 0 aromatic carbocycles. The van der Waals surface area contributed by atoms with Gasteiger partial charge in [0, 0.05) is 22.6 Å². The van der Waals surface area contributed by atoms with Crippen molar-refractivity contribution in [2.24, 2.45) is 5.73 Å². The third-order valence-electron chi connectivity index (χ3n) is 0.968. The fraction of sp³-hybridized carbons (Fsp3) is 0.500. The van der Waals surface area contributed by atoms with Gasteiger partial charge in [-0.1, -0.05) is 5.92 Å². The fourth-order valence-corrected chi connectivity index (χ4v) is 0.422. The molecule has 0 spiro atoms. The lowest BCUT2D eigenvalue weighted by Gasteiger charge is -2.01. The molecule has 0 radical (unpaired) electrons. The van der Waals surface area contributed by atoms with Gasteiger partial charge in [0.25, 0.3) is 0 Å². The number of aliphatic carboxylic acids is 1. The first-order valence-electron chi connectivity index (χ1n) is 3.93. The van der Waals surface area contributed by atoms with Crippen LogP contribution in [-0.2, 0) is 14.3 Å². The van der Waals surface area contributed by atoms with Crippen LogP contribution in [0.25, 0.3) is 0 Å². The minimum atomic E-state index is -5.08. The summed E-state index contributed by atoms with van der Waals surface area (Å²) in [6.45, 7) is 1.70. The van der Waals surface area contributed by atoms with E-state index in [2.05, 4.69) is 14.6 Å². The van der Waals surface area contributed by atoms with Crippen LogP contribution >= 0.6 is 22.6 Å². The Balaban J connectivity index is 0. The Bertz CT molecular complexity index is 319. The van der Waals surface area contributed by atoms with Gasteiger partial charge in [0.15, 0.2) is 6.61 Å². The van der Waals surface area contributed by atoms with E-state index in [1.807, 2.05) is 22.6 Å². The first-order valence-corrected chi connectivity index (χ1v) is 5.01. The van der Waals surface area contributed by atoms with Gasteiger partial charge in [0.2, 0.25) is 0 Å². The minimum Gasteiger partial charge on any atom is -0.475 e. The molecule has 0 amide bonds. The van der Waals surface area contributed by atoms with Crippen LogP contribution in [-0.4, -0.2) is 35.9 Å². The van der Waals surface area contributed by atoms with E-state index in [9.17, 15) is 18.0 Å². The summed E-state index contributed by atoms with van der Waals surface area (Å²) in [5.41, 5.74) is 5.19. The van der Waals surface area contributed by atoms with E-state index in [0.717, 1.165) is 0 Å². The van der Waals surface area contributed by atoms with Crippen LogP contribution in [0.4, 0.5) is 13.2 Å². The number of carbonyl (C=O) groups excluding carboxylic acids is 1. The molecule has 0 aromatic heterocycles. The molecular formula is C8H9F3INO4. The highest BCUT2D eigenvalue weighted by atomic mass is 127. The van der Waals surface area contributed by atoms with Crippen molar-refractivity contribution in [3.05, 3.63) is 0 Å². The molecule has 0 saturated heterocycles. The largest absolute Gasteiger partial charge is 0.490 e. The third-order valence-corrected chi connectivity index (χ3v) is 1.35. The zero-order chi connectivity index (χ0) is 14.1. The lowest BCUT2D eigenvalue weighted by molar-refractivity contribution is -0.192. The normalized spacial score (nSPS) is 11.2. The second-order valence-corrected chi connectivity index (χ2v) is 3.01. The quantitative estimate of drug-likeness (QED) is 0.430. The van der Waals surface area contributed by atoms with Gasteiger partial charge in [-0.25, -0.2) is 4.79 Å². The van der Waals surface area contributed by atoms with Gasteiger partial charge in [-0.05, 0) is 10.9 Å². The van der Waals surface area contributed by atoms with E-state index in [4.69, 9.17) is 15.6 Å². The first kappa shape index (κ1) is 18.3. The predicted molar refractivity (Wildman–Crippen MR) is 60.1 cm³/mol. The van der Waals surface area contributed by atoms with Gasteiger partial charge in [0.05, 0.1) is 0 Å². The lowest BCUT2D eigenvalue weighted by atomic mass is 10.4. The van der Waals surface area contributed by atoms with Crippen LogP contribution in [0, 0.1) is 9.85 Å². The van der Waals surface area contributed by atoms with Gasteiger partial charge in [-0.2, -0.15) is 13.2 Å². The molecular weight excluding hydrogens is 358 g/mol. The summed E-state index contributed by atoms with van der Waals surface area (Å²) in [6.07, 6.45) is -5.08. The summed E-state index contributed by atoms with van der Waals surface area (Å²) in [7, 11) is 0. The van der Waals surface area contributed by atoms with Crippen LogP contribution in [0.3, 0.4) is 0 Å². The highest BCUT2D eigenvalue weighted by molar-refractivity contribution is 14.1. The van der Waals surface area contributed by atoms with Crippen LogP contribution in [0.1, 0.15) is 6.92 Å². The van der Waals surface area contributed by atoms with E-state index in [-0.39, 0.29) is 6.61 Å². The molecule has 1 atom stereocenters. The first-order chi connectivity index (χ1) is 7.62. The van der Waals surface area contributed by atoms with Crippen LogP contribution in [0.5, 0.6) is 0 Å². The van der Waals surface area contributed by atoms with Crippen LogP contribution < -0.4 is 5.73 Å². The number of alkyl halides is 3. The maximum atomic E-state index is 10.6. The number of halogens is 4. The maximum absolute atomic E-state index is 10.6. The number of hydrogen-bond donors (Lipinski definition) is 2. The number of hydrogen-bond acceptors (Lipinski definition) is 4. The highest BCUT2D eigenvalue weighted by Gasteiger charge is 2.38. The SMILES string of the molecule is C[C@@H](N)C(=O)OCC#CI.O=C(O)C(F)(F)F. The molecule has 0 aromatic rings. The molecule has 0 heterocycles. The number of rotatable bonds is 2. The summed E-state index contributed by atoms with van der Waals surface area (Å²) in [4.78, 5) is 19.5. The summed E-state index contributed by atoms with van der Waals surface area (Å²) in [6, 6.07) is -0.559. The van der Waals surface area contributed by atoms with E-state index in [1.54, 1.807) is 6.92 Å². The number of esters is 1. The number of carbonyl (C=O) groups is 2. The van der Waals surface area contributed by atoms with Crippen molar-refractivity contribution in [2.45, 2.75) is 19.1 Å². The van der Waals surface area contributed by atoms with Crippen molar-refractivity contribution < 1.29 is 32.6 Å². The maximum Gasteiger partial charge on any atom is 0.490 e. The molecule has 98 valence electrons. The smallest absolute Gasteiger partial charge is 0.475 e. The summed E-state index contributed by atoms with van der Waals surface area (Å²) < 4.78 is 38.9. The number of carboxylic acids is 1. The zero-order valence-corrected chi connectivity index (χ0v) is 10.7. The molecule has 0 aliphatic carbocycles. The topological polar surface area (TPSA) is 89.6 Å². The molecule has 0 bridgehead atoms. The van der Waals surface area contributed by atoms with Crippen molar-refractivity contribution in [3.63, 3.8) is 0 Å². The Kier molecular flexibility index (Phi) is 9.77. The average molecular weight is 367 g/mol. The molecule has 0 rings (SSSR count). The molecule has 0 saturated carbocycles. The Morgan fingerprint density at radius 1 is 1.53 bits per heavy atom. The third kappa shape index (κ3) is 12.9. The van der Waals surface area contributed by atoms with Gasteiger partial charge >= 0.3 is 18.1 Å². The van der Waals surface area contributed by atoms with E-state index >= 15 is 0 Å². The second kappa shape index (κ2) is 9.06. The highest BCUT2D eigenvalue weighted by Crippen LogP contribution is 2.13. The molecule has 3 N–H and O–H groups in total. The standard InChI is InChI=1S/C6H8INO2.C2HF3O2/c1-5(8)6(9)10-4-2-3-7;3-2(4,5)1(6)7/h5H,4,8H2,1H3;(H,6,7)/t5-;/m1./s1. The second-order valence-electron chi connectivity index (χ2n) is 2.47. The van der Waals surface area contributed by atoms with Crippen molar-refractivity contribution in [1.82, 2.24) is 0 Å². The molecule has 0 aliphatic heterocycles. The zero-order valence-electron chi connectivity index (χ0n) is 8.55. The molecule has 17 heavy (non-hydrogen) atoms. The number of ether oxygens (including phenoxy) is 1. The molecule has 9 heteroatoms. The van der Waals surface area contributed by atoms with Crippen molar-refractivity contribution in [2.75, 3.05) is 6.61 Å². The Morgan fingerprint density at radius 3 is 2.18 bits per heavy atom. The van der Waals surface area contributed by atoms with Gasteiger partial charge < -0.3 is 15.6 Å². The van der Waals surface area contributed by atoms with E-state index < -0.39 is 24.2 Å². The molecule has 0 aliphatic rings. The van der Waals surface area contributed by atoms with Gasteiger partial charge in [-0.3, -0.25) is 4.79 Å². The number of carboxylic acid groups (broad SMARTS) is 1. The average Bonchev–Trinajstić information content (AvgIpc) is 2.17. The summed E-state index contributed by atoms with van der Waals surface area (Å²) >= 11 is 1.87. The van der Waals surface area contributed by atoms with Crippen LogP contribution in [0.15, 0.2) is 0 Å². The minimum absolute atomic E-state index is 0.128.